The normalized spacial score (nSPS) is 15.1. The summed E-state index contributed by atoms with van der Waals surface area (Å²) in [5.41, 5.74) is 2.77. The average molecular weight is 646 g/mol. The summed E-state index contributed by atoms with van der Waals surface area (Å²) in [5, 5.41) is 19.6. The molecule has 2 aromatic heterocycles. The van der Waals surface area contributed by atoms with Gasteiger partial charge in [-0.25, -0.2) is 0 Å². The molecule has 0 radical (unpaired) electrons. The van der Waals surface area contributed by atoms with E-state index < -0.39 is 30.4 Å². The zero-order valence-electron chi connectivity index (χ0n) is 22.8. The number of carbonyl (C=O) groups is 1. The van der Waals surface area contributed by atoms with Crippen molar-refractivity contribution in [3.63, 3.8) is 0 Å². The number of carboxylic acids is 1. The fraction of sp³-hybridized carbons (Fsp3) is 0.517. The van der Waals surface area contributed by atoms with Crippen LogP contribution in [0.1, 0.15) is 77.5 Å². The fourth-order valence-corrected chi connectivity index (χ4v) is 21.0. The first-order valence-electron chi connectivity index (χ1n) is 14.0. The Labute approximate surface area is 234 Å². The molecule has 3 heterocycles. The second-order valence-electron chi connectivity index (χ2n) is 10.6. The van der Waals surface area contributed by atoms with E-state index in [1.54, 1.807) is 0 Å². The number of unbranched alkanes of at least 4 members (excludes halogenated alkanes) is 3. The van der Waals surface area contributed by atoms with Crippen molar-refractivity contribution in [3.05, 3.63) is 57.6 Å². The third-order valence-corrected chi connectivity index (χ3v) is 23.2. The standard InChI is InChI=1S/C17H12ClN4O3.3C4H9.Sn/c18-11-1-3-14(21-6-5-19-20-21)13(9-11)10-7-12-2-4-15(17(24)25)22(12)16(23)8-10;3*1-3-4-2;/h1,3,6-9,15H,2,4H2,(H,24,25);3*1,3-4H2,2H3;/t15-;;;;/m0..../s1. The zero-order valence-corrected chi connectivity index (χ0v) is 26.4. The minimum atomic E-state index is -2.76. The van der Waals surface area contributed by atoms with Crippen molar-refractivity contribution >= 4 is 39.7 Å². The quantitative estimate of drug-likeness (QED) is 0.218. The number of benzene rings is 1. The van der Waals surface area contributed by atoms with Crippen LogP contribution in [0.5, 0.6) is 0 Å². The van der Waals surface area contributed by atoms with Gasteiger partial charge in [0.1, 0.15) is 0 Å². The van der Waals surface area contributed by atoms with Gasteiger partial charge in [0.25, 0.3) is 0 Å². The van der Waals surface area contributed by atoms with Gasteiger partial charge in [0, 0.05) is 0 Å². The molecule has 0 saturated heterocycles. The van der Waals surface area contributed by atoms with Crippen LogP contribution in [0, 0.1) is 0 Å². The predicted molar refractivity (Wildman–Crippen MR) is 156 cm³/mol. The van der Waals surface area contributed by atoms with Crippen LogP contribution in [0.25, 0.3) is 16.8 Å². The number of aliphatic carboxylic acids is 1. The van der Waals surface area contributed by atoms with Gasteiger partial charge in [-0.2, -0.15) is 0 Å². The molecule has 0 unspecified atom stereocenters. The number of carboxylic acid groups (broad SMARTS) is 1. The van der Waals surface area contributed by atoms with Crippen LogP contribution in [0.3, 0.4) is 0 Å². The Balaban J connectivity index is 1.78. The van der Waals surface area contributed by atoms with Crippen molar-refractivity contribution in [1.82, 2.24) is 19.6 Å². The third-order valence-electron chi connectivity index (χ3n) is 8.00. The summed E-state index contributed by atoms with van der Waals surface area (Å²) in [6, 6.07) is 8.26. The molecule has 7 nitrogen and oxygen atoms in total. The van der Waals surface area contributed by atoms with Crippen LogP contribution in [-0.2, 0) is 11.2 Å². The number of nitrogens with zero attached hydrogens (tertiary/aromatic N) is 4. The molecule has 0 fully saturated rings. The van der Waals surface area contributed by atoms with Crippen molar-refractivity contribution in [2.45, 2.75) is 91.5 Å². The van der Waals surface area contributed by atoms with Gasteiger partial charge < -0.3 is 0 Å². The Morgan fingerprint density at radius 2 is 1.71 bits per heavy atom. The zero-order chi connectivity index (χ0) is 27.3. The molecule has 38 heavy (non-hydrogen) atoms. The summed E-state index contributed by atoms with van der Waals surface area (Å²) in [7, 11) is 0. The molecule has 0 aliphatic carbocycles. The Morgan fingerprint density at radius 3 is 2.32 bits per heavy atom. The first kappa shape index (κ1) is 28.9. The van der Waals surface area contributed by atoms with Crippen LogP contribution in [0.15, 0.2) is 41.3 Å². The number of halogens is 1. The number of hydrogen-bond donors (Lipinski definition) is 1. The van der Waals surface area contributed by atoms with Gasteiger partial charge >= 0.3 is 235 Å². The molecular formula is C29H39ClN4O3Sn. The molecule has 0 amide bonds. The van der Waals surface area contributed by atoms with E-state index in [2.05, 4.69) is 32.2 Å². The Kier molecular flexibility index (Phi) is 9.73. The molecule has 0 saturated carbocycles. The van der Waals surface area contributed by atoms with Crippen LogP contribution in [0.4, 0.5) is 0 Å². The average Bonchev–Trinajstić information content (AvgIpc) is 3.57. The SMILES string of the molecule is CCC[CH2][Sn]([CH2]CCC)([CH2]CCC)[c]1cn(-c2ccc(Cl)cc2-c2cc3n(c(=O)c2)[C@H](C(=O)O)CC3)nn1. The van der Waals surface area contributed by atoms with Crippen molar-refractivity contribution < 1.29 is 9.90 Å². The number of aryl methyl sites for hydroxylation is 1. The topological polar surface area (TPSA) is 90.0 Å². The molecule has 1 N–H and O–H groups in total. The summed E-state index contributed by atoms with van der Waals surface area (Å²) in [5.74, 6) is -0.971. The van der Waals surface area contributed by atoms with Crippen LogP contribution >= 0.6 is 11.6 Å². The molecule has 1 aromatic carbocycles. The van der Waals surface area contributed by atoms with E-state index in [9.17, 15) is 14.7 Å². The van der Waals surface area contributed by atoms with Crippen LogP contribution in [-0.4, -0.2) is 49.0 Å². The van der Waals surface area contributed by atoms with Crippen molar-refractivity contribution in [1.29, 1.82) is 0 Å². The fourth-order valence-electron chi connectivity index (χ4n) is 5.85. The van der Waals surface area contributed by atoms with Crippen LogP contribution in [0.2, 0.25) is 18.3 Å². The van der Waals surface area contributed by atoms with Gasteiger partial charge in [-0.05, 0) is 0 Å². The molecule has 0 bridgehead atoms. The third kappa shape index (κ3) is 6.03. The summed E-state index contributed by atoms with van der Waals surface area (Å²) >= 11 is 3.67. The van der Waals surface area contributed by atoms with E-state index in [4.69, 9.17) is 16.7 Å². The molecular weight excluding hydrogens is 607 g/mol. The summed E-state index contributed by atoms with van der Waals surface area (Å²) in [6.45, 7) is 6.81. The van der Waals surface area contributed by atoms with Gasteiger partial charge in [0.2, 0.25) is 0 Å². The predicted octanol–water partition coefficient (Wildman–Crippen LogP) is 6.38. The van der Waals surface area contributed by atoms with Gasteiger partial charge in [0.05, 0.1) is 0 Å². The summed E-state index contributed by atoms with van der Waals surface area (Å²) in [4.78, 5) is 24.7. The second kappa shape index (κ2) is 12.8. The molecule has 9 heteroatoms. The maximum absolute atomic E-state index is 13.0. The van der Waals surface area contributed by atoms with Gasteiger partial charge in [-0.1, -0.05) is 0 Å². The number of rotatable bonds is 13. The first-order valence-corrected chi connectivity index (χ1v) is 21.9. The molecule has 0 spiro atoms. The van der Waals surface area contributed by atoms with Crippen molar-refractivity contribution in [2.24, 2.45) is 0 Å². The summed E-state index contributed by atoms with van der Waals surface area (Å²) in [6.07, 6.45) is 10.5. The number of aromatic nitrogens is 4. The first-order chi connectivity index (χ1) is 18.3. The van der Waals surface area contributed by atoms with E-state index in [1.807, 2.05) is 28.9 Å². The monoisotopic (exact) mass is 646 g/mol. The molecule has 4 rings (SSSR count). The molecule has 1 aliphatic rings. The van der Waals surface area contributed by atoms with E-state index in [-0.39, 0.29) is 5.56 Å². The Hall–Kier alpha value is -2.13. The Morgan fingerprint density at radius 1 is 1.05 bits per heavy atom. The number of pyridine rings is 1. The molecule has 1 atom stereocenters. The van der Waals surface area contributed by atoms with Gasteiger partial charge in [-0.3, -0.25) is 0 Å². The van der Waals surface area contributed by atoms with Gasteiger partial charge in [-0.15, -0.1) is 0 Å². The van der Waals surface area contributed by atoms with E-state index in [0.717, 1.165) is 22.5 Å². The van der Waals surface area contributed by atoms with E-state index in [1.165, 1.54) is 66.2 Å². The molecule has 1 aliphatic heterocycles. The van der Waals surface area contributed by atoms with Crippen molar-refractivity contribution in [3.8, 4) is 16.8 Å². The van der Waals surface area contributed by atoms with Crippen LogP contribution < -0.4 is 9.27 Å². The number of hydrogen-bond acceptors (Lipinski definition) is 4. The molecule has 204 valence electrons. The van der Waals surface area contributed by atoms with E-state index >= 15 is 0 Å². The van der Waals surface area contributed by atoms with Gasteiger partial charge in [0.15, 0.2) is 0 Å². The van der Waals surface area contributed by atoms with E-state index in [0.29, 0.717) is 17.9 Å². The number of fused-ring (bicyclic) bond motifs is 1. The molecule has 3 aromatic rings. The van der Waals surface area contributed by atoms with Crippen molar-refractivity contribution in [2.75, 3.05) is 0 Å². The Bertz CT molecular complexity index is 1310. The second-order valence-corrected chi connectivity index (χ2v) is 24.1. The minimum absolute atomic E-state index is 0.304. The summed E-state index contributed by atoms with van der Waals surface area (Å²) < 4.78 is 8.44. The maximum atomic E-state index is 13.0.